The van der Waals surface area contributed by atoms with Gasteiger partial charge in [-0.1, -0.05) is 48.6 Å². The van der Waals surface area contributed by atoms with Crippen molar-refractivity contribution in [2.75, 3.05) is 0 Å². The monoisotopic (exact) mass is 280 g/mol. The molecule has 0 unspecified atom stereocenters. The standard InChI is InChI=1S/C22H16/c1-5-13-14-6-2-10-18(14)22-20-12-4-8-16(20)15-7-3-11-19(15)21(22)17(13)9-1/h1-3,6,8-9,11-12H,4-5,7,10H2. The molecular formula is C22H16. The molecule has 0 radical (unpaired) electrons. The van der Waals surface area contributed by atoms with Crippen LogP contribution in [0.25, 0.3) is 41.2 Å². The molecule has 0 heterocycles. The number of hydrogen-bond acceptors (Lipinski definition) is 0. The minimum absolute atomic E-state index is 1.09. The smallest absolute Gasteiger partial charge is 0.00236 e. The summed E-state index contributed by atoms with van der Waals surface area (Å²) in [5.41, 5.74) is 9.19. The topological polar surface area (TPSA) is 0 Å². The predicted molar refractivity (Wildman–Crippen MR) is 95.0 cm³/mol. The second kappa shape index (κ2) is 3.70. The molecule has 0 saturated heterocycles. The zero-order valence-corrected chi connectivity index (χ0v) is 12.4. The van der Waals surface area contributed by atoms with Crippen molar-refractivity contribution in [3.8, 4) is 0 Å². The number of rotatable bonds is 0. The summed E-state index contributed by atoms with van der Waals surface area (Å²) in [6.07, 6.45) is 23.4. The van der Waals surface area contributed by atoms with E-state index in [1.165, 1.54) is 32.5 Å². The van der Waals surface area contributed by atoms with Crippen LogP contribution in [0.2, 0.25) is 0 Å². The maximum absolute atomic E-state index is 2.44. The number of fused-ring (bicyclic) bond motifs is 11. The van der Waals surface area contributed by atoms with Gasteiger partial charge in [0.25, 0.3) is 0 Å². The van der Waals surface area contributed by atoms with Gasteiger partial charge in [0.05, 0.1) is 0 Å². The Morgan fingerprint density at radius 3 is 2.05 bits per heavy atom. The largest absolute Gasteiger partial charge is 0.0795 e. The van der Waals surface area contributed by atoms with E-state index in [4.69, 9.17) is 0 Å². The molecule has 0 amide bonds. The number of hydrogen-bond donors (Lipinski definition) is 0. The van der Waals surface area contributed by atoms with Gasteiger partial charge < -0.3 is 0 Å². The van der Waals surface area contributed by atoms with Gasteiger partial charge in [-0.15, -0.1) is 0 Å². The van der Waals surface area contributed by atoms with E-state index in [0.717, 1.165) is 25.7 Å². The van der Waals surface area contributed by atoms with E-state index in [1.807, 2.05) is 0 Å². The van der Waals surface area contributed by atoms with Crippen molar-refractivity contribution in [1.29, 1.82) is 0 Å². The van der Waals surface area contributed by atoms with Crippen molar-refractivity contribution >= 4 is 41.2 Å². The van der Waals surface area contributed by atoms with Gasteiger partial charge in [-0.2, -0.15) is 0 Å². The summed E-state index contributed by atoms with van der Waals surface area (Å²) in [4.78, 5) is 0. The molecule has 2 aromatic rings. The zero-order valence-electron chi connectivity index (χ0n) is 12.4. The molecule has 0 aliphatic heterocycles. The second-order valence-corrected chi connectivity index (χ2v) is 6.72. The van der Waals surface area contributed by atoms with Gasteiger partial charge in [-0.25, -0.2) is 0 Å². The fraction of sp³-hybridized carbons (Fsp3) is 0.182. The summed E-state index contributed by atoms with van der Waals surface area (Å²) in [7, 11) is 0. The first-order valence-corrected chi connectivity index (χ1v) is 8.30. The van der Waals surface area contributed by atoms with E-state index in [-0.39, 0.29) is 0 Å². The molecule has 4 aliphatic carbocycles. The van der Waals surface area contributed by atoms with Crippen molar-refractivity contribution in [2.45, 2.75) is 25.7 Å². The molecule has 2 aromatic carbocycles. The lowest BCUT2D eigenvalue weighted by atomic mass is 9.86. The predicted octanol–water partition coefficient (Wildman–Crippen LogP) is 3.51. The van der Waals surface area contributed by atoms with E-state index in [1.54, 1.807) is 22.1 Å². The van der Waals surface area contributed by atoms with Crippen LogP contribution < -0.4 is 10.4 Å². The fourth-order valence-corrected chi connectivity index (χ4v) is 4.91. The quantitative estimate of drug-likeness (QED) is 0.693. The Morgan fingerprint density at radius 1 is 0.545 bits per heavy atom. The summed E-state index contributed by atoms with van der Waals surface area (Å²) in [5.74, 6) is 0. The third-order valence-electron chi connectivity index (χ3n) is 5.74. The van der Waals surface area contributed by atoms with Crippen molar-refractivity contribution < 1.29 is 0 Å². The lowest BCUT2D eigenvalue weighted by Crippen LogP contribution is -2.28. The second-order valence-electron chi connectivity index (χ2n) is 6.72. The van der Waals surface area contributed by atoms with Crippen LogP contribution in [-0.2, 0) is 19.3 Å². The molecule has 0 aromatic heterocycles. The molecule has 0 nitrogen and oxygen atoms in total. The maximum atomic E-state index is 2.44. The summed E-state index contributed by atoms with van der Waals surface area (Å²) in [5, 5.41) is 6.10. The van der Waals surface area contributed by atoms with Gasteiger partial charge in [0, 0.05) is 0 Å². The Labute approximate surface area is 129 Å². The Bertz CT molecular complexity index is 1100. The summed E-state index contributed by atoms with van der Waals surface area (Å²) in [6, 6.07) is 0. The molecule has 104 valence electrons. The third-order valence-corrected chi connectivity index (χ3v) is 5.74. The van der Waals surface area contributed by atoms with Crippen LogP contribution >= 0.6 is 0 Å². The van der Waals surface area contributed by atoms with Crippen LogP contribution in [0.15, 0.2) is 18.2 Å². The van der Waals surface area contributed by atoms with E-state index in [2.05, 4.69) is 48.6 Å². The highest BCUT2D eigenvalue weighted by molar-refractivity contribution is 6.06. The van der Waals surface area contributed by atoms with Crippen molar-refractivity contribution in [2.24, 2.45) is 0 Å². The summed E-state index contributed by atoms with van der Waals surface area (Å²) >= 11 is 0. The molecule has 0 N–H and O–H groups in total. The van der Waals surface area contributed by atoms with Gasteiger partial charge in [0.1, 0.15) is 0 Å². The normalized spacial score (nSPS) is 18.4. The molecular weight excluding hydrogens is 264 g/mol. The fourth-order valence-electron chi connectivity index (χ4n) is 4.91. The van der Waals surface area contributed by atoms with E-state index >= 15 is 0 Å². The van der Waals surface area contributed by atoms with Gasteiger partial charge >= 0.3 is 0 Å². The van der Waals surface area contributed by atoms with E-state index in [9.17, 15) is 0 Å². The number of allylic oxidation sites excluding steroid dienone is 3. The first-order chi connectivity index (χ1) is 10.9. The van der Waals surface area contributed by atoms with Crippen LogP contribution in [-0.4, -0.2) is 0 Å². The summed E-state index contributed by atoms with van der Waals surface area (Å²) < 4.78 is 0. The van der Waals surface area contributed by atoms with Crippen LogP contribution in [0.3, 0.4) is 0 Å². The highest BCUT2D eigenvalue weighted by Crippen LogP contribution is 2.40. The highest BCUT2D eigenvalue weighted by Gasteiger charge is 2.25. The molecule has 4 aliphatic rings. The maximum Gasteiger partial charge on any atom is -0.00236 e. The number of benzene rings is 2. The first-order valence-electron chi connectivity index (χ1n) is 8.30. The molecule has 22 heavy (non-hydrogen) atoms. The molecule has 0 atom stereocenters. The Balaban J connectivity index is 2.00. The van der Waals surface area contributed by atoms with Crippen molar-refractivity contribution in [3.63, 3.8) is 0 Å². The average Bonchev–Trinajstić information content (AvgIpc) is 3.28. The average molecular weight is 280 g/mol. The third kappa shape index (κ3) is 1.14. The van der Waals surface area contributed by atoms with Crippen molar-refractivity contribution in [1.82, 2.24) is 0 Å². The van der Waals surface area contributed by atoms with E-state index < -0.39 is 0 Å². The lowest BCUT2D eigenvalue weighted by Gasteiger charge is -2.17. The SMILES string of the molecule is C1=Cc2c(c3c(c4c5c(c6c(c24)C=CC6)=CCC=5)CC=C3)C1. The molecule has 0 bridgehead atoms. The Kier molecular flexibility index (Phi) is 1.89. The molecule has 6 rings (SSSR count). The Hall–Kier alpha value is -2.34. The van der Waals surface area contributed by atoms with Crippen molar-refractivity contribution in [3.05, 3.63) is 62.0 Å². The minimum atomic E-state index is 1.09. The van der Waals surface area contributed by atoms with E-state index in [0.29, 0.717) is 0 Å². The van der Waals surface area contributed by atoms with Gasteiger partial charge in [0.2, 0.25) is 0 Å². The molecule has 0 spiro atoms. The molecule has 0 fully saturated rings. The van der Waals surface area contributed by atoms with Crippen LogP contribution in [0, 0.1) is 0 Å². The minimum Gasteiger partial charge on any atom is -0.0795 e. The Morgan fingerprint density at radius 2 is 1.18 bits per heavy atom. The zero-order chi connectivity index (χ0) is 14.3. The summed E-state index contributed by atoms with van der Waals surface area (Å²) in [6.45, 7) is 0. The van der Waals surface area contributed by atoms with Gasteiger partial charge in [-0.05, 0) is 80.3 Å². The van der Waals surface area contributed by atoms with Crippen LogP contribution in [0.4, 0.5) is 0 Å². The molecule has 0 saturated carbocycles. The van der Waals surface area contributed by atoms with Gasteiger partial charge in [0.15, 0.2) is 0 Å². The lowest BCUT2D eigenvalue weighted by molar-refractivity contribution is 1.24. The van der Waals surface area contributed by atoms with Crippen LogP contribution in [0.1, 0.15) is 39.8 Å². The first kappa shape index (κ1) is 11.3. The van der Waals surface area contributed by atoms with Crippen LogP contribution in [0.5, 0.6) is 0 Å². The highest BCUT2D eigenvalue weighted by atomic mass is 14.3. The molecule has 0 heteroatoms. The van der Waals surface area contributed by atoms with Gasteiger partial charge in [-0.3, -0.25) is 0 Å².